The molecule has 0 saturated heterocycles. The van der Waals surface area contributed by atoms with Gasteiger partial charge in [0, 0.05) is 25.7 Å². The molecular weight excluding hydrogens is 351 g/mol. The highest BCUT2D eigenvalue weighted by molar-refractivity contribution is 5.98. The fourth-order valence-electron chi connectivity index (χ4n) is 3.04. The predicted molar refractivity (Wildman–Crippen MR) is 96.5 cm³/mol. The molecule has 2 aromatic rings. The van der Waals surface area contributed by atoms with E-state index in [9.17, 15) is 19.1 Å². The molecule has 8 heteroatoms. The van der Waals surface area contributed by atoms with E-state index in [1.807, 2.05) is 13.8 Å². The normalized spacial score (nSPS) is 16.6. The first-order valence-corrected chi connectivity index (χ1v) is 8.91. The van der Waals surface area contributed by atoms with E-state index in [2.05, 4.69) is 10.4 Å². The second kappa shape index (κ2) is 7.87. The van der Waals surface area contributed by atoms with E-state index in [0.717, 1.165) is 5.56 Å². The summed E-state index contributed by atoms with van der Waals surface area (Å²) in [7, 11) is 0. The van der Waals surface area contributed by atoms with Crippen molar-refractivity contribution >= 4 is 11.8 Å². The van der Waals surface area contributed by atoms with E-state index in [-0.39, 0.29) is 48.0 Å². The number of aliphatic hydroxyl groups is 1. The van der Waals surface area contributed by atoms with Crippen LogP contribution in [0, 0.1) is 11.7 Å². The molecule has 0 saturated carbocycles. The van der Waals surface area contributed by atoms with Crippen molar-refractivity contribution in [3.63, 3.8) is 0 Å². The number of rotatable bonds is 5. The molecule has 0 radical (unpaired) electrons. The van der Waals surface area contributed by atoms with Crippen LogP contribution in [0.1, 0.15) is 40.4 Å². The molecule has 0 fully saturated rings. The van der Waals surface area contributed by atoms with Gasteiger partial charge in [0.25, 0.3) is 11.8 Å². The molecule has 2 N–H and O–H groups in total. The van der Waals surface area contributed by atoms with Crippen LogP contribution >= 0.6 is 0 Å². The second-order valence-electron chi connectivity index (χ2n) is 7.17. The van der Waals surface area contributed by atoms with E-state index >= 15 is 0 Å². The van der Waals surface area contributed by atoms with Gasteiger partial charge in [0.15, 0.2) is 5.69 Å². The van der Waals surface area contributed by atoms with E-state index in [1.165, 1.54) is 22.9 Å². The summed E-state index contributed by atoms with van der Waals surface area (Å²) in [6, 6.07) is 7.45. The van der Waals surface area contributed by atoms with Crippen molar-refractivity contribution in [1.29, 1.82) is 0 Å². The van der Waals surface area contributed by atoms with Crippen LogP contribution in [0.2, 0.25) is 0 Å². The number of halogens is 1. The van der Waals surface area contributed by atoms with Gasteiger partial charge in [-0.25, -0.2) is 4.39 Å². The fraction of sp³-hybridized carbons (Fsp3) is 0.421. The van der Waals surface area contributed by atoms with Gasteiger partial charge in [0.05, 0.1) is 12.6 Å². The van der Waals surface area contributed by atoms with Crippen LogP contribution in [0.4, 0.5) is 4.39 Å². The van der Waals surface area contributed by atoms with Crippen molar-refractivity contribution in [2.75, 3.05) is 13.1 Å². The number of hydrogen-bond donors (Lipinski definition) is 2. The Kier molecular flexibility index (Phi) is 5.55. The molecule has 144 valence electrons. The number of carbonyl (C=O) groups is 2. The Balaban J connectivity index is 1.85. The average molecular weight is 374 g/mol. The third-order valence-corrected chi connectivity index (χ3v) is 4.27. The second-order valence-corrected chi connectivity index (χ2v) is 7.17. The molecule has 0 aliphatic carbocycles. The van der Waals surface area contributed by atoms with Crippen molar-refractivity contribution in [1.82, 2.24) is 20.0 Å². The monoisotopic (exact) mass is 374 g/mol. The van der Waals surface area contributed by atoms with Gasteiger partial charge in [-0.05, 0) is 23.6 Å². The number of fused-ring (bicyclic) bond motifs is 1. The smallest absolute Gasteiger partial charge is 0.274 e. The number of amides is 2. The number of carbonyl (C=O) groups excluding carboxylic acids is 2. The first-order chi connectivity index (χ1) is 12.8. The molecule has 2 heterocycles. The molecular formula is C19H23FN4O3. The number of aromatic nitrogens is 2. The van der Waals surface area contributed by atoms with E-state index < -0.39 is 6.10 Å². The van der Waals surface area contributed by atoms with E-state index in [1.54, 1.807) is 17.0 Å². The molecule has 1 aromatic carbocycles. The lowest BCUT2D eigenvalue weighted by molar-refractivity contribution is 0.0714. The fourth-order valence-corrected chi connectivity index (χ4v) is 3.04. The molecule has 0 unspecified atom stereocenters. The van der Waals surface area contributed by atoms with E-state index in [4.69, 9.17) is 0 Å². The minimum atomic E-state index is -0.760. The summed E-state index contributed by atoms with van der Waals surface area (Å²) in [5.74, 6) is -0.786. The molecule has 1 atom stereocenters. The topological polar surface area (TPSA) is 87.5 Å². The van der Waals surface area contributed by atoms with Gasteiger partial charge >= 0.3 is 0 Å². The molecule has 1 aliphatic heterocycles. The van der Waals surface area contributed by atoms with Crippen molar-refractivity contribution in [3.8, 4) is 0 Å². The summed E-state index contributed by atoms with van der Waals surface area (Å²) in [5.41, 5.74) is 1.21. The zero-order valence-corrected chi connectivity index (χ0v) is 15.4. The van der Waals surface area contributed by atoms with Crippen molar-refractivity contribution in [2.24, 2.45) is 5.92 Å². The summed E-state index contributed by atoms with van der Waals surface area (Å²) in [4.78, 5) is 26.8. The maximum Gasteiger partial charge on any atom is 0.274 e. The molecule has 1 aliphatic rings. The summed E-state index contributed by atoms with van der Waals surface area (Å²) >= 11 is 0. The third-order valence-electron chi connectivity index (χ3n) is 4.27. The highest BCUT2D eigenvalue weighted by Crippen LogP contribution is 2.15. The lowest BCUT2D eigenvalue weighted by Crippen LogP contribution is -2.34. The van der Waals surface area contributed by atoms with E-state index in [0.29, 0.717) is 13.1 Å². The summed E-state index contributed by atoms with van der Waals surface area (Å²) in [5, 5.41) is 16.7. The zero-order valence-electron chi connectivity index (χ0n) is 15.4. The maximum atomic E-state index is 13.1. The third kappa shape index (κ3) is 4.51. The molecule has 2 amide bonds. The first-order valence-electron chi connectivity index (χ1n) is 8.91. The van der Waals surface area contributed by atoms with Gasteiger partial charge in [0.1, 0.15) is 11.5 Å². The predicted octanol–water partition coefficient (Wildman–Crippen LogP) is 1.42. The lowest BCUT2D eigenvalue weighted by atomic mass is 10.1. The quantitative estimate of drug-likeness (QED) is 0.829. The summed E-state index contributed by atoms with van der Waals surface area (Å²) in [6.45, 7) is 5.09. The average Bonchev–Trinajstić information content (AvgIpc) is 2.98. The van der Waals surface area contributed by atoms with Crippen LogP contribution in [0.5, 0.6) is 0 Å². The number of β-amino-alcohol motifs (C(OH)–C–C–N with tert-alkyl or cyclic N) is 1. The highest BCUT2D eigenvalue weighted by Gasteiger charge is 2.26. The van der Waals surface area contributed by atoms with Gasteiger partial charge in [-0.1, -0.05) is 26.0 Å². The zero-order chi connectivity index (χ0) is 19.6. The van der Waals surface area contributed by atoms with Gasteiger partial charge in [-0.3, -0.25) is 14.3 Å². The Hall–Kier alpha value is -2.74. The number of hydrogen-bond acceptors (Lipinski definition) is 4. The Morgan fingerprint density at radius 1 is 1.41 bits per heavy atom. The molecule has 1 aromatic heterocycles. The summed E-state index contributed by atoms with van der Waals surface area (Å²) < 4.78 is 14.5. The van der Waals surface area contributed by atoms with Crippen LogP contribution in [0.15, 0.2) is 30.3 Å². The molecule has 3 rings (SSSR count). The van der Waals surface area contributed by atoms with Crippen LogP contribution in [-0.2, 0) is 13.1 Å². The first kappa shape index (κ1) is 19.0. The highest BCUT2D eigenvalue weighted by atomic mass is 19.1. The van der Waals surface area contributed by atoms with Crippen molar-refractivity contribution < 1.29 is 19.1 Å². The molecule has 27 heavy (non-hydrogen) atoms. The minimum absolute atomic E-state index is 0.142. The van der Waals surface area contributed by atoms with Crippen molar-refractivity contribution in [3.05, 3.63) is 53.1 Å². The number of benzene rings is 1. The SMILES string of the molecule is CC(C)CN(Cc1ccc(F)cc1)C(=O)c1cc2n(n1)C[C@@H](O)CNC2=O. The Morgan fingerprint density at radius 2 is 2.11 bits per heavy atom. The van der Waals surface area contributed by atoms with Gasteiger partial charge in [-0.2, -0.15) is 5.10 Å². The molecule has 0 spiro atoms. The standard InChI is InChI=1S/C19H23FN4O3/c1-12(2)9-23(10-13-3-5-14(20)6-4-13)19(27)16-7-17-18(26)21-8-15(25)11-24(17)22-16/h3-7,12,15,25H,8-11H2,1-2H3,(H,21,26)/t15-/m0/s1. The Bertz CT molecular complexity index is 832. The van der Waals surface area contributed by atoms with Crippen molar-refractivity contribution in [2.45, 2.75) is 33.0 Å². The molecule has 7 nitrogen and oxygen atoms in total. The Labute approximate surface area is 156 Å². The number of nitrogens with one attached hydrogen (secondary N) is 1. The minimum Gasteiger partial charge on any atom is -0.389 e. The maximum absolute atomic E-state index is 13.1. The van der Waals surface area contributed by atoms with Crippen LogP contribution in [-0.4, -0.2) is 50.8 Å². The van der Waals surface area contributed by atoms with Gasteiger partial charge in [0.2, 0.25) is 0 Å². The van der Waals surface area contributed by atoms with Crippen LogP contribution < -0.4 is 5.32 Å². The molecule has 0 bridgehead atoms. The largest absolute Gasteiger partial charge is 0.389 e. The summed E-state index contributed by atoms with van der Waals surface area (Å²) in [6.07, 6.45) is -0.760. The van der Waals surface area contributed by atoms with Gasteiger partial charge < -0.3 is 15.3 Å². The number of aliphatic hydroxyl groups excluding tert-OH is 1. The number of nitrogens with zero attached hydrogens (tertiary/aromatic N) is 3. The van der Waals surface area contributed by atoms with Crippen LogP contribution in [0.25, 0.3) is 0 Å². The lowest BCUT2D eigenvalue weighted by Gasteiger charge is -2.24. The Morgan fingerprint density at radius 3 is 2.78 bits per heavy atom. The van der Waals surface area contributed by atoms with Gasteiger partial charge in [-0.15, -0.1) is 0 Å². The van der Waals surface area contributed by atoms with Crippen LogP contribution in [0.3, 0.4) is 0 Å².